The van der Waals surface area contributed by atoms with Gasteiger partial charge in [-0.15, -0.1) is 23.6 Å². The van der Waals surface area contributed by atoms with E-state index in [9.17, 15) is 5.11 Å². The number of hydrogen-bond acceptors (Lipinski definition) is 2. The molecule has 1 saturated heterocycles. The Morgan fingerprint density at radius 3 is 3.00 bits per heavy atom. The Hall–Kier alpha value is -0.800. The Morgan fingerprint density at radius 1 is 1.32 bits per heavy atom. The Morgan fingerprint density at radius 2 is 2.18 bits per heavy atom. The predicted octanol–water partition coefficient (Wildman–Crippen LogP) is 4.21. The summed E-state index contributed by atoms with van der Waals surface area (Å²) in [5, 5.41) is 9.98. The van der Waals surface area contributed by atoms with Crippen LogP contribution < -0.4 is 0 Å². The van der Waals surface area contributed by atoms with E-state index in [0.29, 0.717) is 17.2 Å². The zero-order valence-electron chi connectivity index (χ0n) is 13.1. The average Bonchev–Trinajstić information content (AvgIpc) is 2.51. The molecule has 2 bridgehead atoms. The number of rotatable bonds is 2. The Kier molecular flexibility index (Phi) is 4.39. The fraction of sp³-hybridized carbons (Fsp3) is 0.579. The molecule has 120 valence electrons. The van der Waals surface area contributed by atoms with Crippen molar-refractivity contribution in [2.24, 2.45) is 5.92 Å². The lowest BCUT2D eigenvalue weighted by atomic mass is 9.52. The van der Waals surface area contributed by atoms with Crippen molar-refractivity contribution < 1.29 is 5.11 Å². The van der Waals surface area contributed by atoms with Crippen molar-refractivity contribution >= 4 is 17.0 Å². The van der Waals surface area contributed by atoms with Gasteiger partial charge in [-0.2, -0.15) is 0 Å². The lowest BCUT2D eigenvalue weighted by Gasteiger charge is -2.59. The first-order valence-electron chi connectivity index (χ1n) is 8.42. The Labute approximate surface area is 144 Å². The maximum Gasteiger partial charge on any atom is 0.115 e. The summed E-state index contributed by atoms with van der Waals surface area (Å²) in [6.07, 6.45) is 9.84. The number of likely N-dealkylation sites (tertiary alicyclic amines) is 1. The third-order valence-electron chi connectivity index (χ3n) is 6.30. The van der Waals surface area contributed by atoms with Crippen LogP contribution in [0.25, 0.3) is 0 Å². The number of nitrogens with zero attached hydrogens (tertiary/aromatic N) is 1. The van der Waals surface area contributed by atoms with Gasteiger partial charge in [-0.25, -0.2) is 0 Å². The second kappa shape index (κ2) is 6.01. The van der Waals surface area contributed by atoms with Crippen LogP contribution >= 0.6 is 17.0 Å². The zero-order valence-corrected chi connectivity index (χ0v) is 14.8. The summed E-state index contributed by atoms with van der Waals surface area (Å²) in [7, 11) is 0. The topological polar surface area (TPSA) is 23.5 Å². The smallest absolute Gasteiger partial charge is 0.115 e. The molecule has 0 unspecified atom stereocenters. The van der Waals surface area contributed by atoms with Crippen LogP contribution in [-0.4, -0.2) is 29.1 Å². The van der Waals surface area contributed by atoms with Crippen LogP contribution in [0.3, 0.4) is 0 Å². The van der Waals surface area contributed by atoms with E-state index in [-0.39, 0.29) is 17.0 Å². The van der Waals surface area contributed by atoms with Crippen molar-refractivity contribution in [3.63, 3.8) is 0 Å². The maximum atomic E-state index is 9.98. The molecule has 3 heteroatoms. The lowest BCUT2D eigenvalue weighted by molar-refractivity contribution is -0.00517. The van der Waals surface area contributed by atoms with Crippen molar-refractivity contribution in [1.82, 2.24) is 4.90 Å². The van der Waals surface area contributed by atoms with Crippen LogP contribution in [0.1, 0.15) is 43.2 Å². The highest BCUT2D eigenvalue weighted by molar-refractivity contribution is 8.93. The van der Waals surface area contributed by atoms with Gasteiger partial charge in [0.1, 0.15) is 5.75 Å². The van der Waals surface area contributed by atoms with Gasteiger partial charge in [0.2, 0.25) is 0 Å². The highest BCUT2D eigenvalue weighted by Crippen LogP contribution is 2.56. The second-order valence-corrected chi connectivity index (χ2v) is 7.15. The number of piperidine rings is 1. The first-order chi connectivity index (χ1) is 10.2. The van der Waals surface area contributed by atoms with Crippen LogP contribution in [-0.2, 0) is 11.8 Å². The molecule has 2 nitrogen and oxygen atoms in total. The van der Waals surface area contributed by atoms with Gasteiger partial charge in [-0.05, 0) is 61.4 Å². The quantitative estimate of drug-likeness (QED) is 0.795. The van der Waals surface area contributed by atoms with Gasteiger partial charge < -0.3 is 5.11 Å². The largest absolute Gasteiger partial charge is 0.508 e. The van der Waals surface area contributed by atoms with Crippen LogP contribution in [0.4, 0.5) is 0 Å². The summed E-state index contributed by atoms with van der Waals surface area (Å²) < 4.78 is 0. The van der Waals surface area contributed by atoms with E-state index in [0.717, 1.165) is 18.9 Å². The molecule has 4 rings (SSSR count). The summed E-state index contributed by atoms with van der Waals surface area (Å²) in [4.78, 5) is 2.65. The van der Waals surface area contributed by atoms with E-state index in [1.807, 2.05) is 6.07 Å². The summed E-state index contributed by atoms with van der Waals surface area (Å²) in [6, 6.07) is 6.79. The average molecular weight is 364 g/mol. The van der Waals surface area contributed by atoms with Crippen molar-refractivity contribution in [3.05, 3.63) is 42.0 Å². The standard InChI is InChI=1S/C19H25NO.BrH/c1-2-10-20-11-9-19-8-4-3-5-16(19)18(20)12-14-6-7-15(21)13-17(14)19;/h2,6-7,13,16,18,21H,1,3-5,8-12H2;1H/t16-,18-,19+;/m0./s1. The molecule has 1 N–H and O–H groups in total. The number of benzene rings is 1. The fourth-order valence-corrected chi connectivity index (χ4v) is 5.47. The van der Waals surface area contributed by atoms with Crippen molar-refractivity contribution in [1.29, 1.82) is 0 Å². The number of phenolic OH excluding ortho intramolecular Hbond substituents is 1. The van der Waals surface area contributed by atoms with Gasteiger partial charge in [-0.1, -0.05) is 25.0 Å². The molecular weight excluding hydrogens is 338 g/mol. The van der Waals surface area contributed by atoms with E-state index >= 15 is 0 Å². The van der Waals surface area contributed by atoms with Crippen LogP contribution in [0.2, 0.25) is 0 Å². The van der Waals surface area contributed by atoms with Crippen LogP contribution in [0.15, 0.2) is 30.9 Å². The molecular formula is C19H26BrNO. The van der Waals surface area contributed by atoms with Crippen LogP contribution in [0.5, 0.6) is 5.75 Å². The molecule has 1 heterocycles. The number of hydrogen-bond donors (Lipinski definition) is 1. The molecule has 22 heavy (non-hydrogen) atoms. The first-order valence-corrected chi connectivity index (χ1v) is 8.42. The summed E-state index contributed by atoms with van der Waals surface area (Å²) >= 11 is 0. The normalized spacial score (nSPS) is 33.3. The van der Waals surface area contributed by atoms with Crippen molar-refractivity contribution in [2.75, 3.05) is 13.1 Å². The molecule has 3 aliphatic rings. The highest BCUT2D eigenvalue weighted by atomic mass is 79.9. The molecule has 1 aromatic carbocycles. The molecule has 0 radical (unpaired) electrons. The van der Waals surface area contributed by atoms with Gasteiger partial charge in [0.25, 0.3) is 0 Å². The third kappa shape index (κ3) is 2.25. The maximum absolute atomic E-state index is 9.98. The van der Waals surface area contributed by atoms with E-state index in [1.165, 1.54) is 49.8 Å². The Bertz CT molecular complexity index is 573. The van der Waals surface area contributed by atoms with Crippen LogP contribution in [0, 0.1) is 5.92 Å². The summed E-state index contributed by atoms with van der Waals surface area (Å²) in [5.41, 5.74) is 3.29. The summed E-state index contributed by atoms with van der Waals surface area (Å²) in [6.45, 7) is 6.15. The monoisotopic (exact) mass is 363 g/mol. The van der Waals surface area contributed by atoms with Gasteiger partial charge in [0.05, 0.1) is 0 Å². The molecule has 1 saturated carbocycles. The minimum atomic E-state index is 0. The van der Waals surface area contributed by atoms with E-state index in [1.54, 1.807) is 0 Å². The van der Waals surface area contributed by atoms with E-state index in [2.05, 4.69) is 29.7 Å². The number of aromatic hydroxyl groups is 1. The minimum Gasteiger partial charge on any atom is -0.508 e. The SMILES string of the molecule is Br.C=CCN1CC[C@]23CCCC[C@H]2[C@@H]1Cc1ccc(O)cc13. The van der Waals surface area contributed by atoms with E-state index < -0.39 is 0 Å². The zero-order chi connectivity index (χ0) is 14.4. The lowest BCUT2D eigenvalue weighted by Crippen LogP contribution is -2.60. The molecule has 1 aromatic rings. The summed E-state index contributed by atoms with van der Waals surface area (Å²) in [5.74, 6) is 1.22. The highest BCUT2D eigenvalue weighted by Gasteiger charge is 2.53. The Balaban J connectivity index is 0.00000144. The molecule has 0 aromatic heterocycles. The van der Waals surface area contributed by atoms with Gasteiger partial charge in [0.15, 0.2) is 0 Å². The minimum absolute atomic E-state index is 0. The predicted molar refractivity (Wildman–Crippen MR) is 95.9 cm³/mol. The molecule has 2 fully saturated rings. The molecule has 3 atom stereocenters. The first kappa shape index (κ1) is 16.1. The molecule has 2 aliphatic carbocycles. The number of phenols is 1. The molecule has 0 amide bonds. The number of fused-ring (bicyclic) bond motifs is 1. The van der Waals surface area contributed by atoms with Crippen molar-refractivity contribution in [2.45, 2.75) is 50.0 Å². The molecule has 0 spiro atoms. The van der Waals surface area contributed by atoms with Crippen molar-refractivity contribution in [3.8, 4) is 5.75 Å². The molecule has 1 aliphatic heterocycles. The van der Waals surface area contributed by atoms with Gasteiger partial charge >= 0.3 is 0 Å². The fourth-order valence-electron chi connectivity index (χ4n) is 5.47. The van der Waals surface area contributed by atoms with Gasteiger partial charge in [-0.3, -0.25) is 4.90 Å². The number of halogens is 1. The second-order valence-electron chi connectivity index (χ2n) is 7.15. The van der Waals surface area contributed by atoms with E-state index in [4.69, 9.17) is 0 Å². The van der Waals surface area contributed by atoms with Gasteiger partial charge in [0, 0.05) is 18.0 Å². The third-order valence-corrected chi connectivity index (χ3v) is 6.30.